The minimum Gasteiger partial charge on any atom is -0.334 e. The van der Waals surface area contributed by atoms with Crippen molar-refractivity contribution in [2.24, 2.45) is 0 Å². The van der Waals surface area contributed by atoms with Gasteiger partial charge in [0.15, 0.2) is 0 Å². The second-order valence-electron chi connectivity index (χ2n) is 8.88. The van der Waals surface area contributed by atoms with E-state index in [1.54, 1.807) is 27.1 Å². The van der Waals surface area contributed by atoms with Gasteiger partial charge in [-0.3, -0.25) is 0 Å². The van der Waals surface area contributed by atoms with E-state index in [0.29, 0.717) is 6.04 Å². The lowest BCUT2D eigenvalue weighted by Crippen LogP contribution is -3.12. The van der Waals surface area contributed by atoms with Gasteiger partial charge < -0.3 is 9.47 Å². The van der Waals surface area contributed by atoms with E-state index in [1.807, 2.05) is 0 Å². The van der Waals surface area contributed by atoms with Gasteiger partial charge in [0.1, 0.15) is 12.6 Å². The van der Waals surface area contributed by atoms with Gasteiger partial charge in [0.2, 0.25) is 0 Å². The van der Waals surface area contributed by atoms with E-state index >= 15 is 0 Å². The lowest BCUT2D eigenvalue weighted by molar-refractivity contribution is -0.950. The Morgan fingerprint density at radius 1 is 1.00 bits per heavy atom. The quantitative estimate of drug-likeness (QED) is 0.686. The predicted molar refractivity (Wildman–Crippen MR) is 115 cm³/mol. The maximum atomic E-state index is 2.68. The number of nitrogens with one attached hydrogen (secondary N) is 1. The fraction of sp³-hybridized carbons (Fsp3) is 0.385. The first-order chi connectivity index (χ1) is 13.9. The van der Waals surface area contributed by atoms with Crippen LogP contribution < -0.4 is 4.90 Å². The molecule has 1 unspecified atom stereocenters. The fourth-order valence-corrected chi connectivity index (χ4v) is 6.00. The lowest BCUT2D eigenvalue weighted by atomic mass is 9.89. The standard InChI is InChI=1S/C26H28N2/c1-2-7-19(8-3-1)18-27-15-16-28-24-14-13-21(20-9-4-5-10-20)17-23(24)22-11-6-12-25(27)26(22)28/h1-3,7-9,13-14,17,25H,4-6,10-12,15-16,18H2/p+1/t25-/m0/s1. The number of rotatable bonds is 3. The molecular weight excluding hydrogens is 340 g/mol. The number of hydrogen-bond donors (Lipinski definition) is 1. The maximum Gasteiger partial charge on any atom is 0.129 e. The number of allylic oxidation sites excluding steroid dienone is 2. The van der Waals surface area contributed by atoms with Crippen LogP contribution in [-0.4, -0.2) is 11.1 Å². The Morgan fingerprint density at radius 2 is 1.93 bits per heavy atom. The SMILES string of the molecule is C1=C(c2ccc3c(c2)c2c4n3CC[NH+](Cc3ccccc3)[C@H]4CCC2)CCC1. The van der Waals surface area contributed by atoms with Crippen molar-refractivity contribution >= 4 is 16.5 Å². The zero-order valence-electron chi connectivity index (χ0n) is 16.6. The first kappa shape index (κ1) is 16.6. The first-order valence-corrected chi connectivity index (χ1v) is 11.1. The Bertz CT molecular complexity index is 1060. The minimum atomic E-state index is 0.666. The molecule has 1 aliphatic heterocycles. The number of quaternary nitrogens is 1. The number of hydrogen-bond acceptors (Lipinski definition) is 0. The average Bonchev–Trinajstić information content (AvgIpc) is 3.39. The predicted octanol–water partition coefficient (Wildman–Crippen LogP) is 4.68. The molecule has 28 heavy (non-hydrogen) atoms. The smallest absolute Gasteiger partial charge is 0.129 e. The zero-order chi connectivity index (χ0) is 18.5. The monoisotopic (exact) mass is 369 g/mol. The topological polar surface area (TPSA) is 9.37 Å². The van der Waals surface area contributed by atoms with Crippen LogP contribution in [0, 0.1) is 0 Å². The summed E-state index contributed by atoms with van der Waals surface area (Å²) in [6.45, 7) is 3.56. The molecule has 2 atom stereocenters. The molecule has 1 aromatic heterocycles. The summed E-state index contributed by atoms with van der Waals surface area (Å²) in [6.07, 6.45) is 10.2. The summed E-state index contributed by atoms with van der Waals surface area (Å²) in [5, 5.41) is 1.55. The Hall–Kier alpha value is -2.32. The molecule has 3 aromatic rings. The molecule has 2 nitrogen and oxygen atoms in total. The Morgan fingerprint density at radius 3 is 2.79 bits per heavy atom. The molecule has 2 heterocycles. The number of aromatic nitrogens is 1. The Kier molecular flexibility index (Phi) is 3.94. The molecule has 1 N–H and O–H groups in total. The first-order valence-electron chi connectivity index (χ1n) is 11.1. The molecule has 0 bridgehead atoms. The third kappa shape index (κ3) is 2.58. The highest BCUT2D eigenvalue weighted by Gasteiger charge is 2.37. The third-order valence-corrected chi connectivity index (χ3v) is 7.30. The van der Waals surface area contributed by atoms with Gasteiger partial charge in [-0.15, -0.1) is 0 Å². The van der Waals surface area contributed by atoms with Crippen LogP contribution in [0.15, 0.2) is 54.6 Å². The van der Waals surface area contributed by atoms with Crippen LogP contribution in [0.1, 0.15) is 60.5 Å². The lowest BCUT2D eigenvalue weighted by Gasteiger charge is -2.37. The molecule has 6 rings (SSSR count). The summed E-state index contributed by atoms with van der Waals surface area (Å²) in [5.41, 5.74) is 9.33. The highest BCUT2D eigenvalue weighted by atomic mass is 15.2. The zero-order valence-corrected chi connectivity index (χ0v) is 16.6. The van der Waals surface area contributed by atoms with Gasteiger partial charge in [-0.2, -0.15) is 0 Å². The highest BCUT2D eigenvalue weighted by molar-refractivity contribution is 5.89. The molecule has 0 saturated heterocycles. The van der Waals surface area contributed by atoms with Crippen molar-refractivity contribution in [1.29, 1.82) is 0 Å². The van der Waals surface area contributed by atoms with Gasteiger partial charge in [0.05, 0.1) is 18.8 Å². The number of aryl methyl sites for hydroxylation is 1. The molecule has 0 saturated carbocycles. The van der Waals surface area contributed by atoms with Crippen LogP contribution in [0.3, 0.4) is 0 Å². The summed E-state index contributed by atoms with van der Waals surface area (Å²) in [7, 11) is 0. The van der Waals surface area contributed by atoms with E-state index in [1.165, 1.54) is 61.7 Å². The molecule has 2 aliphatic carbocycles. The summed E-state index contributed by atoms with van der Waals surface area (Å²) >= 11 is 0. The number of nitrogens with zero attached hydrogens (tertiary/aromatic N) is 1. The van der Waals surface area contributed by atoms with Gasteiger partial charge in [-0.05, 0) is 60.9 Å². The fourth-order valence-electron chi connectivity index (χ4n) is 6.00. The van der Waals surface area contributed by atoms with Crippen molar-refractivity contribution < 1.29 is 4.90 Å². The summed E-state index contributed by atoms with van der Waals surface area (Å²) in [4.78, 5) is 1.76. The molecular formula is C26H29N2+. The van der Waals surface area contributed by atoms with Gasteiger partial charge >= 0.3 is 0 Å². The van der Waals surface area contributed by atoms with Crippen LogP contribution in [0.5, 0.6) is 0 Å². The second-order valence-corrected chi connectivity index (χ2v) is 8.88. The van der Waals surface area contributed by atoms with Crippen LogP contribution in [0.2, 0.25) is 0 Å². The number of benzene rings is 2. The normalized spacial score (nSPS) is 23.6. The molecule has 0 radical (unpaired) electrons. The van der Waals surface area contributed by atoms with Crippen molar-refractivity contribution in [3.63, 3.8) is 0 Å². The van der Waals surface area contributed by atoms with Crippen LogP contribution in [0.4, 0.5) is 0 Å². The Balaban J connectivity index is 1.43. The maximum absolute atomic E-state index is 2.68. The van der Waals surface area contributed by atoms with Crippen molar-refractivity contribution in [3.05, 3.63) is 77.0 Å². The van der Waals surface area contributed by atoms with E-state index in [4.69, 9.17) is 0 Å². The average molecular weight is 370 g/mol. The molecule has 0 spiro atoms. The van der Waals surface area contributed by atoms with Crippen molar-refractivity contribution in [1.82, 2.24) is 4.57 Å². The second kappa shape index (κ2) is 6.63. The van der Waals surface area contributed by atoms with Crippen molar-refractivity contribution in [2.75, 3.05) is 6.54 Å². The van der Waals surface area contributed by atoms with Crippen molar-refractivity contribution in [3.8, 4) is 0 Å². The van der Waals surface area contributed by atoms with E-state index in [2.05, 4.69) is 59.2 Å². The molecule has 3 aliphatic rings. The molecule has 2 aromatic carbocycles. The van der Waals surface area contributed by atoms with Crippen molar-refractivity contribution in [2.45, 2.75) is 57.7 Å². The molecule has 0 amide bonds. The van der Waals surface area contributed by atoms with E-state index in [-0.39, 0.29) is 0 Å². The van der Waals surface area contributed by atoms with Gasteiger partial charge in [0.25, 0.3) is 0 Å². The Labute approximate surface area is 167 Å². The van der Waals surface area contributed by atoms with E-state index in [9.17, 15) is 0 Å². The largest absolute Gasteiger partial charge is 0.334 e. The van der Waals surface area contributed by atoms with Crippen LogP contribution >= 0.6 is 0 Å². The third-order valence-electron chi connectivity index (χ3n) is 7.30. The highest BCUT2D eigenvalue weighted by Crippen LogP contribution is 2.39. The van der Waals surface area contributed by atoms with Gasteiger partial charge in [0, 0.05) is 22.9 Å². The summed E-state index contributed by atoms with van der Waals surface area (Å²) in [6, 6.07) is 19.1. The van der Waals surface area contributed by atoms with Gasteiger partial charge in [-0.25, -0.2) is 0 Å². The van der Waals surface area contributed by atoms with E-state index < -0.39 is 0 Å². The number of fused-ring (bicyclic) bond motifs is 3. The molecule has 0 fully saturated rings. The van der Waals surface area contributed by atoms with Gasteiger partial charge in [-0.1, -0.05) is 42.5 Å². The summed E-state index contributed by atoms with van der Waals surface area (Å²) < 4.78 is 2.68. The molecule has 142 valence electrons. The van der Waals surface area contributed by atoms with E-state index in [0.717, 1.165) is 13.1 Å². The summed E-state index contributed by atoms with van der Waals surface area (Å²) in [5.74, 6) is 0. The minimum absolute atomic E-state index is 0.666. The van der Waals surface area contributed by atoms with Crippen LogP contribution in [-0.2, 0) is 19.5 Å². The van der Waals surface area contributed by atoms with Crippen LogP contribution in [0.25, 0.3) is 16.5 Å². The molecule has 2 heteroatoms.